The zero-order chi connectivity index (χ0) is 13.1. The van der Waals surface area contributed by atoms with E-state index in [-0.39, 0.29) is 0 Å². The normalized spacial score (nSPS) is 11.2. The maximum atomic E-state index is 4.66. The molecular formula is C17H20N. The van der Waals surface area contributed by atoms with E-state index in [0.717, 1.165) is 5.69 Å². The summed E-state index contributed by atoms with van der Waals surface area (Å²) in [7, 11) is 0. The fraction of sp³-hybridized carbons (Fsp3) is 0.353. The molecular weight excluding hydrogens is 218 g/mol. The molecule has 0 atom stereocenters. The number of rotatable bonds is 3. The van der Waals surface area contributed by atoms with E-state index in [1.807, 2.05) is 12.3 Å². The van der Waals surface area contributed by atoms with Gasteiger partial charge < -0.3 is 0 Å². The maximum absolute atomic E-state index is 4.66. The van der Waals surface area contributed by atoms with Crippen molar-refractivity contribution in [2.75, 3.05) is 0 Å². The molecule has 2 rings (SSSR count). The Morgan fingerprint density at radius 2 is 1.61 bits per heavy atom. The van der Waals surface area contributed by atoms with Gasteiger partial charge in [0.05, 0.1) is 5.69 Å². The summed E-state index contributed by atoms with van der Waals surface area (Å²) in [6.45, 7) is 8.76. The third-order valence-corrected chi connectivity index (χ3v) is 3.11. The van der Waals surface area contributed by atoms with Gasteiger partial charge in [0.15, 0.2) is 0 Å². The number of nitrogens with zero attached hydrogens (tertiary/aromatic N) is 1. The number of pyridine rings is 1. The molecule has 1 heteroatoms. The molecule has 18 heavy (non-hydrogen) atoms. The van der Waals surface area contributed by atoms with E-state index in [1.165, 1.54) is 16.7 Å². The lowest BCUT2D eigenvalue weighted by Gasteiger charge is -2.14. The van der Waals surface area contributed by atoms with E-state index in [0.29, 0.717) is 11.8 Å². The highest BCUT2D eigenvalue weighted by molar-refractivity contribution is 5.63. The molecule has 1 aromatic carbocycles. The average Bonchev–Trinajstić information content (AvgIpc) is 2.39. The van der Waals surface area contributed by atoms with Gasteiger partial charge in [-0.2, -0.15) is 0 Å². The first-order chi connectivity index (χ1) is 8.59. The van der Waals surface area contributed by atoms with Crippen LogP contribution >= 0.6 is 0 Å². The van der Waals surface area contributed by atoms with Crippen LogP contribution in [0.5, 0.6) is 0 Å². The maximum Gasteiger partial charge on any atom is 0.0742 e. The second-order valence-corrected chi connectivity index (χ2v) is 5.28. The number of benzene rings is 1. The smallest absolute Gasteiger partial charge is 0.0742 e. The van der Waals surface area contributed by atoms with Crippen molar-refractivity contribution < 1.29 is 0 Å². The summed E-state index contributed by atoms with van der Waals surface area (Å²) >= 11 is 0. The van der Waals surface area contributed by atoms with Gasteiger partial charge in [-0.25, -0.2) is 0 Å². The summed E-state index contributed by atoms with van der Waals surface area (Å²) in [5.74, 6) is 0.909. The minimum absolute atomic E-state index is 0.436. The van der Waals surface area contributed by atoms with Crippen LogP contribution in [0.1, 0.15) is 50.7 Å². The lowest BCUT2D eigenvalue weighted by atomic mass is 9.93. The lowest BCUT2D eigenvalue weighted by Crippen LogP contribution is -2.00. The molecule has 0 N–H and O–H groups in total. The first-order valence-corrected chi connectivity index (χ1v) is 6.57. The highest BCUT2D eigenvalue weighted by Gasteiger charge is 2.12. The zero-order valence-corrected chi connectivity index (χ0v) is 11.6. The minimum Gasteiger partial charge on any atom is -0.256 e. The second-order valence-electron chi connectivity index (χ2n) is 5.28. The van der Waals surface area contributed by atoms with Crippen LogP contribution in [-0.2, 0) is 0 Å². The zero-order valence-electron chi connectivity index (χ0n) is 11.6. The predicted molar refractivity (Wildman–Crippen MR) is 76.7 cm³/mol. The minimum atomic E-state index is 0.436. The third kappa shape index (κ3) is 2.61. The van der Waals surface area contributed by atoms with Crippen molar-refractivity contribution >= 4 is 0 Å². The molecule has 0 saturated heterocycles. The molecule has 0 spiro atoms. The standard InChI is InChI=1S/C17H20N/c1-12(2)15-10-16(13(3)4)17(18-11-15)14-8-6-5-7-9-14/h5-9,11-13H,1-4H3. The molecule has 2 aromatic rings. The van der Waals surface area contributed by atoms with Gasteiger partial charge in [0, 0.05) is 11.8 Å². The first-order valence-electron chi connectivity index (χ1n) is 6.57. The van der Waals surface area contributed by atoms with E-state index < -0.39 is 0 Å². The molecule has 0 amide bonds. The monoisotopic (exact) mass is 238 g/mol. The van der Waals surface area contributed by atoms with Gasteiger partial charge in [0.2, 0.25) is 0 Å². The Bertz CT molecular complexity index is 512. The van der Waals surface area contributed by atoms with Crippen molar-refractivity contribution in [1.29, 1.82) is 0 Å². The van der Waals surface area contributed by atoms with Gasteiger partial charge in [0.25, 0.3) is 0 Å². The van der Waals surface area contributed by atoms with E-state index >= 15 is 0 Å². The second kappa shape index (κ2) is 5.34. The quantitative estimate of drug-likeness (QED) is 0.748. The Balaban J connectivity index is 2.54. The molecule has 1 nitrogen and oxygen atoms in total. The van der Waals surface area contributed by atoms with Gasteiger partial charge in [0.1, 0.15) is 0 Å². The predicted octanol–water partition coefficient (Wildman–Crippen LogP) is 4.80. The number of hydrogen-bond acceptors (Lipinski definition) is 1. The molecule has 0 aliphatic heterocycles. The third-order valence-electron chi connectivity index (χ3n) is 3.11. The van der Waals surface area contributed by atoms with Gasteiger partial charge in [-0.1, -0.05) is 58.0 Å². The van der Waals surface area contributed by atoms with E-state index in [1.54, 1.807) is 0 Å². The molecule has 1 aromatic heterocycles. The molecule has 93 valence electrons. The Hall–Kier alpha value is -1.63. The van der Waals surface area contributed by atoms with Crippen LogP contribution in [0.3, 0.4) is 0 Å². The van der Waals surface area contributed by atoms with Crippen molar-refractivity contribution in [2.24, 2.45) is 0 Å². The SMILES string of the molecule is CC(C)c1[c]c(C(C)C)c(-c2ccccc2)nc1. The van der Waals surface area contributed by atoms with Gasteiger partial charge in [-0.05, 0) is 29.0 Å². The van der Waals surface area contributed by atoms with E-state index in [4.69, 9.17) is 0 Å². The summed E-state index contributed by atoms with van der Waals surface area (Å²) in [6.07, 6.45) is 1.96. The molecule has 0 unspecified atom stereocenters. The van der Waals surface area contributed by atoms with Gasteiger partial charge >= 0.3 is 0 Å². The summed E-state index contributed by atoms with van der Waals surface area (Å²) < 4.78 is 0. The molecule has 0 aliphatic carbocycles. The molecule has 1 heterocycles. The largest absolute Gasteiger partial charge is 0.256 e. The Labute approximate surface area is 110 Å². The van der Waals surface area contributed by atoms with Crippen molar-refractivity contribution in [3.63, 3.8) is 0 Å². The van der Waals surface area contributed by atoms with Crippen LogP contribution in [-0.4, -0.2) is 4.98 Å². The van der Waals surface area contributed by atoms with Gasteiger partial charge in [-0.3, -0.25) is 4.98 Å². The molecule has 0 fully saturated rings. The Morgan fingerprint density at radius 3 is 2.17 bits per heavy atom. The van der Waals surface area contributed by atoms with Crippen LogP contribution in [0.4, 0.5) is 0 Å². The van der Waals surface area contributed by atoms with E-state index in [9.17, 15) is 0 Å². The fourth-order valence-electron chi connectivity index (χ4n) is 1.99. The molecule has 0 bridgehead atoms. The Kier molecular flexibility index (Phi) is 3.81. The van der Waals surface area contributed by atoms with Crippen molar-refractivity contribution in [3.05, 3.63) is 53.7 Å². The van der Waals surface area contributed by atoms with E-state index in [2.05, 4.69) is 63.0 Å². The lowest BCUT2D eigenvalue weighted by molar-refractivity contribution is 0.820. The molecule has 0 aliphatic rings. The first kappa shape index (κ1) is 12.8. The topological polar surface area (TPSA) is 12.9 Å². The summed E-state index contributed by atoms with van der Waals surface area (Å²) in [6, 6.07) is 13.9. The summed E-state index contributed by atoms with van der Waals surface area (Å²) in [5.41, 5.74) is 4.65. The number of aromatic nitrogens is 1. The average molecular weight is 238 g/mol. The van der Waals surface area contributed by atoms with Crippen LogP contribution < -0.4 is 0 Å². The number of hydrogen-bond donors (Lipinski definition) is 0. The fourth-order valence-corrected chi connectivity index (χ4v) is 1.99. The highest BCUT2D eigenvalue weighted by atomic mass is 14.7. The summed E-state index contributed by atoms with van der Waals surface area (Å²) in [4.78, 5) is 4.66. The molecule has 0 saturated carbocycles. The Morgan fingerprint density at radius 1 is 0.944 bits per heavy atom. The van der Waals surface area contributed by atoms with Crippen LogP contribution in [0.15, 0.2) is 36.5 Å². The van der Waals surface area contributed by atoms with Crippen LogP contribution in [0, 0.1) is 6.07 Å². The van der Waals surface area contributed by atoms with Crippen molar-refractivity contribution in [2.45, 2.75) is 39.5 Å². The highest BCUT2D eigenvalue weighted by Crippen LogP contribution is 2.29. The van der Waals surface area contributed by atoms with Crippen LogP contribution in [0.2, 0.25) is 0 Å². The van der Waals surface area contributed by atoms with Crippen LogP contribution in [0.25, 0.3) is 11.3 Å². The van der Waals surface area contributed by atoms with Crippen molar-refractivity contribution in [1.82, 2.24) is 4.98 Å². The van der Waals surface area contributed by atoms with Crippen molar-refractivity contribution in [3.8, 4) is 11.3 Å². The molecule has 1 radical (unpaired) electrons. The summed E-state index contributed by atoms with van der Waals surface area (Å²) in [5, 5.41) is 0. The van der Waals surface area contributed by atoms with Gasteiger partial charge in [-0.15, -0.1) is 0 Å².